The van der Waals surface area contributed by atoms with Crippen molar-refractivity contribution in [2.75, 3.05) is 109 Å². The van der Waals surface area contributed by atoms with E-state index < -0.39 is 49.1 Å². The summed E-state index contributed by atoms with van der Waals surface area (Å²) < 4.78 is 70.5. The average Bonchev–Trinajstić information content (AvgIpc) is 1.49. The number of ether oxygens (including phenoxy) is 6. The highest BCUT2D eigenvalue weighted by atomic mass is 28.3. The first-order chi connectivity index (χ1) is 47.9. The van der Waals surface area contributed by atoms with E-state index in [1.54, 1.807) is 63.4 Å². The lowest BCUT2D eigenvalue weighted by Gasteiger charge is -2.47. The van der Waals surface area contributed by atoms with Crippen LogP contribution in [0.4, 0.5) is 34.7 Å². The van der Waals surface area contributed by atoms with Crippen LogP contribution in [0, 0.1) is 34.4 Å². The molecule has 2 N–H and O–H groups in total. The van der Waals surface area contributed by atoms with Gasteiger partial charge in [0.2, 0.25) is 5.91 Å². The van der Waals surface area contributed by atoms with Crippen LogP contribution in [0.15, 0.2) is 48.7 Å². The Bertz CT molecular complexity index is 3920. The highest BCUT2D eigenvalue weighted by Gasteiger charge is 2.47. The van der Waals surface area contributed by atoms with E-state index in [-0.39, 0.29) is 107 Å². The Morgan fingerprint density at radius 2 is 1.45 bits per heavy atom. The summed E-state index contributed by atoms with van der Waals surface area (Å²) in [5.41, 5.74) is 4.24. The van der Waals surface area contributed by atoms with Crippen molar-refractivity contribution in [3.8, 4) is 40.2 Å². The molecule has 11 rings (SSSR count). The molecule has 5 aromatic rings. The third kappa shape index (κ3) is 16.6. The zero-order valence-electron chi connectivity index (χ0n) is 61.5. The number of alkyl carbamates (subject to hydrolysis) is 1. The van der Waals surface area contributed by atoms with Crippen molar-refractivity contribution >= 4 is 71.3 Å². The lowest BCUT2D eigenvalue weighted by atomic mass is 9.65. The summed E-state index contributed by atoms with van der Waals surface area (Å²) in [6.07, 6.45) is 8.44. The number of hydrogen-bond donors (Lipinski definition) is 2. The first kappa shape index (κ1) is 74.3. The molecule has 6 aliphatic rings. The molecule has 0 radical (unpaired) electrons. The summed E-state index contributed by atoms with van der Waals surface area (Å²) in [4.78, 5) is 93.0. The van der Waals surface area contributed by atoms with Gasteiger partial charge in [0.15, 0.2) is 12.6 Å². The quantitative estimate of drug-likeness (QED) is 0.0445. The molecule has 6 amide bonds. The predicted molar refractivity (Wildman–Crippen MR) is 387 cm³/mol. The van der Waals surface area contributed by atoms with Gasteiger partial charge in [-0.1, -0.05) is 53.5 Å². The highest BCUT2D eigenvalue weighted by Crippen LogP contribution is 2.48. The largest absolute Gasteiger partial charge is 0.495 e. The number of benzene rings is 3. The van der Waals surface area contributed by atoms with Gasteiger partial charge in [-0.05, 0) is 163 Å². The van der Waals surface area contributed by atoms with E-state index in [0.29, 0.717) is 83.4 Å². The van der Waals surface area contributed by atoms with Gasteiger partial charge in [-0.2, -0.15) is 9.97 Å². The van der Waals surface area contributed by atoms with Crippen molar-refractivity contribution in [2.24, 2.45) is 11.3 Å². The number of urea groups is 1. The topological polar surface area (TPSA) is 223 Å². The number of amides is 6. The Morgan fingerprint density at radius 1 is 0.782 bits per heavy atom. The van der Waals surface area contributed by atoms with Crippen LogP contribution in [0.3, 0.4) is 0 Å². The highest BCUT2D eigenvalue weighted by molar-refractivity contribution is 6.90. The molecular formula is C76H103F2N11O11Si. The number of likely N-dealkylation sites (tertiary alicyclic amines) is 1. The van der Waals surface area contributed by atoms with Crippen LogP contribution < -0.4 is 34.6 Å². The summed E-state index contributed by atoms with van der Waals surface area (Å²) in [5.74, 6) is 3.27. The second-order valence-corrected chi connectivity index (χ2v) is 37.1. The number of imide groups is 1. The molecule has 2 bridgehead atoms. The van der Waals surface area contributed by atoms with Gasteiger partial charge in [-0.15, -0.1) is 5.54 Å². The van der Waals surface area contributed by atoms with Gasteiger partial charge in [-0.25, -0.2) is 23.2 Å². The fraction of sp³-hybridized carbons (Fsp3) is 0.605. The van der Waals surface area contributed by atoms with Crippen molar-refractivity contribution in [1.82, 2.24) is 45.2 Å². The SMILES string of the molecule is COCOc1cc(-c2ncc3c(N4CC5CCC(C4)N5C(=O)OC(C)(C)C)nc(OC[C@@H](CN4CCN(CC5CCC6(CC5)CCN(C(=O)c5ccc(OC)c(N7CCC(=O)NC7=O)c5)CC6)CC4)NC(=O)OC(C)(C)C)nc3c2F)c2c(C#C[Si](C(C)C)(C(C)C)C(C)C)c(F)ccc2c1. The molecule has 7 heterocycles. The number of pyridine rings is 1. The molecule has 3 aromatic carbocycles. The van der Waals surface area contributed by atoms with Crippen molar-refractivity contribution < 1.29 is 61.2 Å². The smallest absolute Gasteiger partial charge is 0.410 e. The van der Waals surface area contributed by atoms with Gasteiger partial charge >= 0.3 is 24.2 Å². The number of carbonyl (C=O) groups is 5. The second-order valence-electron chi connectivity index (χ2n) is 31.5. The maximum Gasteiger partial charge on any atom is 0.410 e. The van der Waals surface area contributed by atoms with Crippen molar-refractivity contribution in [2.45, 2.75) is 187 Å². The number of anilines is 2. The summed E-state index contributed by atoms with van der Waals surface area (Å²) in [6.45, 7) is 30.7. The van der Waals surface area contributed by atoms with Crippen molar-refractivity contribution in [3.05, 3.63) is 71.4 Å². The predicted octanol–water partition coefficient (Wildman–Crippen LogP) is 12.7. The van der Waals surface area contributed by atoms with Gasteiger partial charge in [0.1, 0.15) is 60.2 Å². The third-order valence-electron chi connectivity index (χ3n) is 21.6. The van der Waals surface area contributed by atoms with Crippen LogP contribution in [-0.4, -0.2) is 202 Å². The maximum atomic E-state index is 18.5. The Labute approximate surface area is 594 Å². The number of piperidine rings is 1. The molecule has 6 fully saturated rings. The number of rotatable bonds is 19. The fourth-order valence-electron chi connectivity index (χ4n) is 16.5. The van der Waals surface area contributed by atoms with Crippen molar-refractivity contribution in [1.29, 1.82) is 0 Å². The van der Waals surface area contributed by atoms with Gasteiger partial charge in [0.25, 0.3) is 5.91 Å². The second kappa shape index (κ2) is 30.6. The molecule has 546 valence electrons. The normalized spacial score (nSPS) is 19.8. The minimum atomic E-state index is -2.41. The molecule has 101 heavy (non-hydrogen) atoms. The molecule has 1 saturated carbocycles. The summed E-state index contributed by atoms with van der Waals surface area (Å²) >= 11 is 0. The van der Waals surface area contributed by atoms with Crippen LogP contribution in [-0.2, 0) is 19.0 Å². The van der Waals surface area contributed by atoms with Gasteiger partial charge in [-0.3, -0.25) is 34.6 Å². The molecule has 1 spiro atoms. The van der Waals surface area contributed by atoms with Crippen LogP contribution in [0.1, 0.15) is 157 Å². The molecule has 25 heteroatoms. The number of methoxy groups -OCH3 is 2. The molecule has 2 unspecified atom stereocenters. The van der Waals surface area contributed by atoms with E-state index in [2.05, 4.69) is 73.4 Å². The standard InChI is InChI=1S/C76H103F2N11O11Si/c1-47(2)101(48(3)4,49(5)6)36-24-57-60(77)19-15-51-37-56(98-46-95-13)39-58(64(51)57)66-65(78)67-59(40-79-66)68(87-43-54-17-18-55(44-87)89(54)73(94)100-75(10,11)12)83-70(82-67)97-45-53(80-72(93)99-74(7,8)9)42-85-34-32-84(33-35-85)41-50-21-25-76(26-22-50)27-30-86(31-28-76)69(91)52-16-20-62(96-14)61(38-52)88-29-23-63(90)81-71(88)92/h15-16,19-20,37-40,47-50,53-55H,17-18,21-23,25-35,41-46H2,1-14H3,(H,80,93)(H,81,90,92)/t53-,54?,55?/m1/s1. The first-order valence-electron chi connectivity index (χ1n) is 36.2. The number of piperazine rings is 2. The van der Waals surface area contributed by atoms with Crippen LogP contribution >= 0.6 is 0 Å². The minimum absolute atomic E-state index is 0.0840. The Kier molecular flexibility index (Phi) is 22.5. The minimum Gasteiger partial charge on any atom is -0.495 e. The third-order valence-corrected chi connectivity index (χ3v) is 27.9. The maximum absolute atomic E-state index is 18.5. The zero-order chi connectivity index (χ0) is 72.5. The lowest BCUT2D eigenvalue weighted by molar-refractivity contribution is -0.120. The summed E-state index contributed by atoms with van der Waals surface area (Å²) in [6, 6.07) is 9.77. The summed E-state index contributed by atoms with van der Waals surface area (Å²) in [5, 5.41) is 6.66. The van der Waals surface area contributed by atoms with E-state index >= 15 is 8.78 Å². The van der Waals surface area contributed by atoms with E-state index in [4.69, 9.17) is 43.4 Å². The van der Waals surface area contributed by atoms with Crippen LogP contribution in [0.5, 0.6) is 17.5 Å². The number of hydrogen-bond acceptors (Lipinski definition) is 17. The molecule has 5 saturated heterocycles. The van der Waals surface area contributed by atoms with E-state index in [1.807, 2.05) is 35.5 Å². The van der Waals surface area contributed by atoms with E-state index in [0.717, 1.165) is 84.1 Å². The zero-order valence-corrected chi connectivity index (χ0v) is 62.5. The summed E-state index contributed by atoms with van der Waals surface area (Å²) in [7, 11) is 0.610. The average molecular weight is 1410 g/mol. The molecule has 2 aromatic heterocycles. The number of nitrogens with one attached hydrogen (secondary N) is 2. The van der Waals surface area contributed by atoms with Crippen LogP contribution in [0.2, 0.25) is 16.6 Å². The van der Waals surface area contributed by atoms with Crippen LogP contribution in [0.25, 0.3) is 32.9 Å². The first-order valence-corrected chi connectivity index (χ1v) is 38.4. The van der Waals surface area contributed by atoms with E-state index in [1.165, 1.54) is 25.2 Å². The number of aromatic nitrogens is 3. The monoisotopic (exact) mass is 1410 g/mol. The number of fused-ring (bicyclic) bond motifs is 4. The van der Waals surface area contributed by atoms with Gasteiger partial charge in [0, 0.05) is 108 Å². The lowest BCUT2D eigenvalue weighted by Crippen LogP contribution is -2.57. The van der Waals surface area contributed by atoms with Crippen molar-refractivity contribution in [3.63, 3.8) is 0 Å². The Morgan fingerprint density at radius 3 is 2.07 bits per heavy atom. The molecule has 3 atom stereocenters. The molecule has 5 aliphatic heterocycles. The fourth-order valence-corrected chi connectivity index (χ4v) is 21.7. The Hall–Kier alpha value is -7.92. The van der Waals surface area contributed by atoms with Gasteiger partial charge < -0.3 is 48.4 Å². The molecule has 22 nitrogen and oxygen atoms in total. The Balaban J connectivity index is 0.819. The van der Waals surface area contributed by atoms with Gasteiger partial charge in [0.05, 0.1) is 41.9 Å². The number of nitrogens with zero attached hydrogens (tertiary/aromatic N) is 9. The molecular weight excluding hydrogens is 1310 g/mol. The van der Waals surface area contributed by atoms with E-state index in [9.17, 15) is 24.0 Å². The number of carbonyl (C=O) groups excluding carboxylic acids is 5. The number of halogens is 2. The molecule has 1 aliphatic carbocycles.